The zero-order valence-corrected chi connectivity index (χ0v) is 21.3. The van der Waals surface area contributed by atoms with Crippen LogP contribution in [0.3, 0.4) is 0 Å². The first kappa shape index (κ1) is 23.4. The van der Waals surface area contributed by atoms with Crippen molar-refractivity contribution >= 4 is 22.7 Å². The van der Waals surface area contributed by atoms with E-state index in [1.54, 1.807) is 0 Å². The van der Waals surface area contributed by atoms with Crippen molar-refractivity contribution in [1.82, 2.24) is 0 Å². The highest BCUT2D eigenvalue weighted by molar-refractivity contribution is 6.02. The van der Waals surface area contributed by atoms with Gasteiger partial charge in [-0.15, -0.1) is 10.2 Å². The second kappa shape index (κ2) is 10.2. The van der Waals surface area contributed by atoms with Crippen molar-refractivity contribution in [2.45, 2.75) is 13.8 Å². The fraction of sp³-hybridized carbons (Fsp3) is 0.0588. The minimum atomic E-state index is 0.830. The molecule has 0 N–H and O–H groups in total. The van der Waals surface area contributed by atoms with Gasteiger partial charge in [0, 0.05) is 11.1 Å². The third-order valence-corrected chi connectivity index (χ3v) is 6.68. The number of benzene rings is 2. The van der Waals surface area contributed by atoms with Gasteiger partial charge in [0.2, 0.25) is 0 Å². The average molecular weight is 491 g/mol. The third-order valence-electron chi connectivity index (χ3n) is 6.68. The minimum absolute atomic E-state index is 0.830. The zero-order chi connectivity index (χ0) is 25.9. The van der Waals surface area contributed by atoms with Crippen LogP contribution < -0.4 is 0 Å². The maximum absolute atomic E-state index is 4.67. The molecule has 4 heteroatoms. The van der Waals surface area contributed by atoms with E-state index in [4.69, 9.17) is 0 Å². The lowest BCUT2D eigenvalue weighted by Gasteiger charge is -2.03. The molecule has 0 aromatic heterocycles. The molecule has 4 aliphatic rings. The molecule has 0 heterocycles. The predicted molar refractivity (Wildman–Crippen MR) is 156 cm³/mol. The Kier molecular flexibility index (Phi) is 6.29. The SMILES string of the molecule is Cc1ccc(N=Nc2cc(-c3cc(N=Nc4ccc(C)cc4)c4cccccc3-4)c3cccccc2-3)cc1. The Hall–Kier alpha value is -4.96. The van der Waals surface area contributed by atoms with Gasteiger partial charge >= 0.3 is 0 Å². The van der Waals surface area contributed by atoms with Crippen LogP contribution in [-0.4, -0.2) is 0 Å². The standard InChI is InChI=1S/C34H26N4/c1-23-13-17-25(18-14-23)35-37-33-21-31(27-9-5-3-7-11-29(27)33)32-22-34(30-12-8-4-6-10-28(30)32)38-36-26-19-15-24(2)16-20-26/h3-22H,1-2H3. The van der Waals surface area contributed by atoms with E-state index in [9.17, 15) is 0 Å². The van der Waals surface area contributed by atoms with Gasteiger partial charge in [-0.1, -0.05) is 96.1 Å². The molecule has 0 saturated carbocycles. The summed E-state index contributed by atoms with van der Waals surface area (Å²) in [5, 5.41) is 18.4. The molecule has 4 aliphatic carbocycles. The van der Waals surface area contributed by atoms with Crippen molar-refractivity contribution in [3.63, 3.8) is 0 Å². The van der Waals surface area contributed by atoms with E-state index >= 15 is 0 Å². The largest absolute Gasteiger partial charge is 0.151 e. The summed E-state index contributed by atoms with van der Waals surface area (Å²) in [5.41, 5.74) is 12.3. The first-order valence-electron chi connectivity index (χ1n) is 12.7. The Bertz CT molecular complexity index is 1580. The zero-order valence-electron chi connectivity index (χ0n) is 21.3. The van der Waals surface area contributed by atoms with Crippen molar-refractivity contribution < 1.29 is 0 Å². The summed E-state index contributed by atoms with van der Waals surface area (Å²) in [6.45, 7) is 4.13. The molecule has 2 aromatic rings. The van der Waals surface area contributed by atoms with Gasteiger partial charge in [0.15, 0.2) is 0 Å². The second-order valence-corrected chi connectivity index (χ2v) is 9.43. The van der Waals surface area contributed by atoms with E-state index in [2.05, 4.69) is 82.8 Å². The van der Waals surface area contributed by atoms with E-state index < -0.39 is 0 Å². The molecule has 0 aliphatic heterocycles. The molecule has 182 valence electrons. The van der Waals surface area contributed by atoms with Crippen molar-refractivity contribution in [1.29, 1.82) is 0 Å². The molecule has 2 aromatic carbocycles. The summed E-state index contributed by atoms with van der Waals surface area (Å²) >= 11 is 0. The molecule has 0 saturated heterocycles. The van der Waals surface area contributed by atoms with E-state index in [0.29, 0.717) is 0 Å². The van der Waals surface area contributed by atoms with E-state index in [1.165, 1.54) is 11.1 Å². The van der Waals surface area contributed by atoms with Crippen LogP contribution in [0, 0.1) is 13.8 Å². The molecule has 0 unspecified atom stereocenters. The highest BCUT2D eigenvalue weighted by Crippen LogP contribution is 2.50. The lowest BCUT2D eigenvalue weighted by atomic mass is 10.0. The van der Waals surface area contributed by atoms with Gasteiger partial charge < -0.3 is 0 Å². The predicted octanol–water partition coefficient (Wildman–Crippen LogP) is 11.0. The number of aryl methyl sites for hydroxylation is 2. The van der Waals surface area contributed by atoms with Crippen molar-refractivity contribution in [2.75, 3.05) is 0 Å². The number of nitrogens with zero attached hydrogens (tertiary/aromatic N) is 4. The van der Waals surface area contributed by atoms with Crippen LogP contribution in [0.2, 0.25) is 0 Å². The molecule has 0 bridgehead atoms. The molecule has 4 nitrogen and oxygen atoms in total. The molecule has 0 fully saturated rings. The van der Waals surface area contributed by atoms with Gasteiger partial charge in [-0.25, -0.2) is 0 Å². The highest BCUT2D eigenvalue weighted by atomic mass is 15.1. The molecule has 0 radical (unpaired) electrons. The summed E-state index contributed by atoms with van der Waals surface area (Å²) in [4.78, 5) is 0. The smallest absolute Gasteiger partial charge is 0.0941 e. The number of hydrogen-bond donors (Lipinski definition) is 0. The van der Waals surface area contributed by atoms with Gasteiger partial charge in [-0.2, -0.15) is 10.2 Å². The first-order chi connectivity index (χ1) is 18.7. The Labute approximate surface area is 222 Å². The number of fused-ring (bicyclic) bond motifs is 2. The van der Waals surface area contributed by atoms with Crippen LogP contribution in [0.15, 0.2) is 142 Å². The van der Waals surface area contributed by atoms with Crippen molar-refractivity contribution in [2.24, 2.45) is 20.5 Å². The van der Waals surface area contributed by atoms with E-state index in [0.717, 1.165) is 56.1 Å². The molecular weight excluding hydrogens is 464 g/mol. The normalized spacial score (nSPS) is 11.7. The average Bonchev–Trinajstić information content (AvgIpc) is 3.19. The Balaban J connectivity index is 1.47. The molecular formula is C34H26N4. The van der Waals surface area contributed by atoms with Gasteiger partial charge in [-0.05, 0) is 72.5 Å². The molecule has 6 rings (SSSR count). The summed E-state index contributed by atoms with van der Waals surface area (Å²) in [5.74, 6) is 0. The van der Waals surface area contributed by atoms with Gasteiger partial charge in [0.25, 0.3) is 0 Å². The fourth-order valence-electron chi connectivity index (χ4n) is 4.65. The van der Waals surface area contributed by atoms with Crippen molar-refractivity contribution in [3.05, 3.63) is 132 Å². The Morgan fingerprint density at radius 1 is 0.342 bits per heavy atom. The quantitative estimate of drug-likeness (QED) is 0.216. The van der Waals surface area contributed by atoms with Gasteiger partial charge in [-0.3, -0.25) is 0 Å². The van der Waals surface area contributed by atoms with Crippen LogP contribution in [0.25, 0.3) is 33.4 Å². The van der Waals surface area contributed by atoms with E-state index in [1.807, 2.05) is 72.8 Å². The van der Waals surface area contributed by atoms with Crippen molar-refractivity contribution in [3.8, 4) is 33.4 Å². The maximum atomic E-state index is 4.67. The van der Waals surface area contributed by atoms with Crippen LogP contribution in [0.1, 0.15) is 11.1 Å². The maximum Gasteiger partial charge on any atom is 0.0941 e. The Morgan fingerprint density at radius 3 is 1.11 bits per heavy atom. The fourth-order valence-corrected chi connectivity index (χ4v) is 4.65. The second-order valence-electron chi connectivity index (χ2n) is 9.43. The van der Waals surface area contributed by atoms with Crippen LogP contribution >= 0.6 is 0 Å². The first-order valence-corrected chi connectivity index (χ1v) is 12.7. The van der Waals surface area contributed by atoms with Crippen LogP contribution in [0.4, 0.5) is 22.7 Å². The lowest BCUT2D eigenvalue weighted by Crippen LogP contribution is -1.76. The third kappa shape index (κ3) is 4.72. The van der Waals surface area contributed by atoms with Crippen LogP contribution in [-0.2, 0) is 0 Å². The summed E-state index contributed by atoms with van der Waals surface area (Å²) in [7, 11) is 0. The van der Waals surface area contributed by atoms with Crippen LogP contribution in [0.5, 0.6) is 0 Å². The molecule has 0 atom stereocenters. The summed E-state index contributed by atoms with van der Waals surface area (Å²) in [6.07, 6.45) is 0. The monoisotopic (exact) mass is 490 g/mol. The number of rotatable bonds is 5. The lowest BCUT2D eigenvalue weighted by molar-refractivity contribution is 1.23. The number of azo groups is 2. The molecule has 38 heavy (non-hydrogen) atoms. The van der Waals surface area contributed by atoms with Gasteiger partial charge in [0.05, 0.1) is 22.7 Å². The highest BCUT2D eigenvalue weighted by Gasteiger charge is 2.22. The number of hydrogen-bond acceptors (Lipinski definition) is 4. The topological polar surface area (TPSA) is 49.4 Å². The summed E-state index contributed by atoms with van der Waals surface area (Å²) < 4.78 is 0. The Morgan fingerprint density at radius 2 is 0.711 bits per heavy atom. The van der Waals surface area contributed by atoms with E-state index in [-0.39, 0.29) is 0 Å². The summed E-state index contributed by atoms with van der Waals surface area (Å²) in [6, 6.07) is 41.2. The minimum Gasteiger partial charge on any atom is -0.151 e. The molecule has 0 amide bonds. The van der Waals surface area contributed by atoms with Gasteiger partial charge in [0.1, 0.15) is 0 Å². The molecule has 0 spiro atoms.